The van der Waals surface area contributed by atoms with Crippen molar-refractivity contribution in [1.29, 1.82) is 5.26 Å². The van der Waals surface area contributed by atoms with Gasteiger partial charge in [0.2, 0.25) is 15.8 Å². The number of Topliss-reactive ketones (excluding diaryl/α,β-unsaturated/α-hetero) is 1. The number of sulfonamides is 1. The summed E-state index contributed by atoms with van der Waals surface area (Å²) in [5, 5.41) is 10.2. The number of nitrogens with zero attached hydrogens (tertiary/aromatic N) is 4. The number of hydrogen-bond donors (Lipinski definition) is 0. The minimum absolute atomic E-state index is 0.0262. The topological polar surface area (TPSA) is 121 Å². The first-order chi connectivity index (χ1) is 18.2. The van der Waals surface area contributed by atoms with Gasteiger partial charge in [0.25, 0.3) is 10.0 Å². The molecule has 0 radical (unpaired) electrons. The Kier molecular flexibility index (Phi) is 7.76. The van der Waals surface area contributed by atoms with Crippen molar-refractivity contribution in [3.05, 3.63) is 76.6 Å². The highest BCUT2D eigenvalue weighted by Gasteiger charge is 2.31. The molecule has 0 saturated carbocycles. The normalized spacial score (nSPS) is 15.8. The molecule has 1 fully saturated rings. The highest BCUT2D eigenvalue weighted by molar-refractivity contribution is 7.90. The van der Waals surface area contributed by atoms with Gasteiger partial charge in [0.1, 0.15) is 17.3 Å². The largest absolute Gasteiger partial charge is 0.382 e. The second-order valence-electron chi connectivity index (χ2n) is 10.3. The van der Waals surface area contributed by atoms with Crippen molar-refractivity contribution < 1.29 is 21.6 Å². The summed E-state index contributed by atoms with van der Waals surface area (Å²) < 4.78 is 54.5. The van der Waals surface area contributed by atoms with Crippen molar-refractivity contribution in [3.8, 4) is 6.07 Å². The molecule has 9 nitrogen and oxygen atoms in total. The zero-order chi connectivity index (χ0) is 28.7. The smallest absolute Gasteiger partial charge is 0.268 e. The summed E-state index contributed by atoms with van der Waals surface area (Å²) in [6.07, 6.45) is 3.77. The van der Waals surface area contributed by atoms with Crippen LogP contribution in [0.4, 0.5) is 0 Å². The third kappa shape index (κ3) is 5.64. The molecule has 206 valence electrons. The van der Waals surface area contributed by atoms with Crippen LogP contribution in [0.25, 0.3) is 10.9 Å². The number of nitriles is 1. The van der Waals surface area contributed by atoms with E-state index in [1.54, 1.807) is 37.2 Å². The van der Waals surface area contributed by atoms with E-state index in [4.69, 9.17) is 0 Å². The number of allylic oxidation sites excluding steroid dienone is 1. The summed E-state index contributed by atoms with van der Waals surface area (Å²) >= 11 is 0. The molecule has 3 aromatic rings. The second kappa shape index (κ2) is 10.6. The standard InChI is InChI=1S/C28H32N4O5S2/c1-19-6-8-24(9-7-19)39(36,37)32-26-16-25(21-10-12-31(13-11-21)38(5,34)35)20(2)14-22(26)15-27(32)28(33)23(17-29)18-30(3)4/h6-9,14-16,18,21H,10-13H2,1-5H3/b23-18+. The molecule has 4 rings (SSSR count). The fourth-order valence-electron chi connectivity index (χ4n) is 5.07. The van der Waals surface area contributed by atoms with Gasteiger partial charge in [-0.3, -0.25) is 4.79 Å². The molecule has 11 heteroatoms. The Balaban J connectivity index is 1.93. The molecular weight excluding hydrogens is 536 g/mol. The van der Waals surface area contributed by atoms with Crippen LogP contribution in [0.3, 0.4) is 0 Å². The lowest BCUT2D eigenvalue weighted by molar-refractivity contribution is 0.103. The van der Waals surface area contributed by atoms with Crippen molar-refractivity contribution in [1.82, 2.24) is 13.2 Å². The first-order valence-electron chi connectivity index (χ1n) is 12.5. The lowest BCUT2D eigenvalue weighted by Gasteiger charge is -2.31. The first kappa shape index (κ1) is 28.5. The van der Waals surface area contributed by atoms with Gasteiger partial charge in [-0.05, 0) is 74.1 Å². The van der Waals surface area contributed by atoms with Crippen molar-refractivity contribution in [2.24, 2.45) is 0 Å². The van der Waals surface area contributed by atoms with Crippen LogP contribution in [-0.2, 0) is 20.0 Å². The molecule has 1 aliphatic heterocycles. The molecular formula is C28H32N4O5S2. The van der Waals surface area contributed by atoms with E-state index in [1.165, 1.54) is 35.0 Å². The van der Waals surface area contributed by atoms with Crippen LogP contribution in [0.1, 0.15) is 45.9 Å². The molecule has 0 unspecified atom stereocenters. The minimum Gasteiger partial charge on any atom is -0.382 e. The SMILES string of the molecule is Cc1ccc(S(=O)(=O)n2c(C(=O)/C(C#N)=C/N(C)C)cc3cc(C)c(C4CCN(S(C)(=O)=O)CC4)cc32)cc1. The second-order valence-corrected chi connectivity index (χ2v) is 14.0. The van der Waals surface area contributed by atoms with Crippen molar-refractivity contribution in [3.63, 3.8) is 0 Å². The van der Waals surface area contributed by atoms with Crippen LogP contribution < -0.4 is 0 Å². The van der Waals surface area contributed by atoms with Gasteiger partial charge in [-0.1, -0.05) is 17.7 Å². The summed E-state index contributed by atoms with van der Waals surface area (Å²) in [4.78, 5) is 15.2. The maximum atomic E-state index is 14.0. The fraction of sp³-hybridized carbons (Fsp3) is 0.357. The van der Waals surface area contributed by atoms with E-state index < -0.39 is 25.8 Å². The Hall–Kier alpha value is -3.46. The van der Waals surface area contributed by atoms with Gasteiger partial charge in [-0.2, -0.15) is 5.26 Å². The Morgan fingerprint density at radius 3 is 2.18 bits per heavy atom. The van der Waals surface area contributed by atoms with Crippen LogP contribution in [0, 0.1) is 25.2 Å². The molecule has 2 heterocycles. The maximum Gasteiger partial charge on any atom is 0.268 e. The van der Waals surface area contributed by atoms with Crippen molar-refractivity contribution in [2.75, 3.05) is 33.4 Å². The molecule has 0 amide bonds. The van der Waals surface area contributed by atoms with Crippen LogP contribution in [0.15, 0.2) is 59.1 Å². The quantitative estimate of drug-likeness (QED) is 0.242. The monoisotopic (exact) mass is 568 g/mol. The van der Waals surface area contributed by atoms with E-state index >= 15 is 0 Å². The minimum atomic E-state index is -4.22. The highest BCUT2D eigenvalue weighted by Crippen LogP contribution is 2.36. The maximum absolute atomic E-state index is 14.0. The predicted octanol–water partition coefficient (Wildman–Crippen LogP) is 3.79. The number of aromatic nitrogens is 1. The van der Waals surface area contributed by atoms with Gasteiger partial charge < -0.3 is 4.90 Å². The summed E-state index contributed by atoms with van der Waals surface area (Å²) in [5.41, 5.74) is 2.76. The van der Waals surface area contributed by atoms with E-state index in [0.29, 0.717) is 36.8 Å². The molecule has 0 spiro atoms. The number of rotatable bonds is 7. The summed E-state index contributed by atoms with van der Waals surface area (Å²) in [6.45, 7) is 4.55. The third-order valence-electron chi connectivity index (χ3n) is 7.05. The summed E-state index contributed by atoms with van der Waals surface area (Å²) in [7, 11) is -4.15. The molecule has 2 aromatic carbocycles. The number of piperidine rings is 1. The number of benzene rings is 2. The zero-order valence-corrected chi connectivity index (χ0v) is 24.3. The number of hydrogen-bond acceptors (Lipinski definition) is 7. The molecule has 39 heavy (non-hydrogen) atoms. The molecule has 1 saturated heterocycles. The average molecular weight is 569 g/mol. The predicted molar refractivity (Wildman–Crippen MR) is 151 cm³/mol. The van der Waals surface area contributed by atoms with Crippen LogP contribution in [-0.4, -0.2) is 69.2 Å². The van der Waals surface area contributed by atoms with Crippen molar-refractivity contribution >= 4 is 36.7 Å². The van der Waals surface area contributed by atoms with Gasteiger partial charge in [0, 0.05) is 38.8 Å². The van der Waals surface area contributed by atoms with Gasteiger partial charge in [-0.15, -0.1) is 0 Å². The molecule has 0 N–H and O–H groups in total. The number of aryl methyl sites for hydroxylation is 2. The van der Waals surface area contributed by atoms with E-state index in [1.807, 2.05) is 26.0 Å². The number of fused-ring (bicyclic) bond motifs is 1. The zero-order valence-electron chi connectivity index (χ0n) is 22.7. The first-order valence-corrected chi connectivity index (χ1v) is 15.8. The Bertz CT molecular complexity index is 1720. The summed E-state index contributed by atoms with van der Waals surface area (Å²) in [5.74, 6) is -0.668. The van der Waals surface area contributed by atoms with Gasteiger partial charge in [0.15, 0.2) is 0 Å². The Labute approximate surface area is 230 Å². The average Bonchev–Trinajstić information content (AvgIpc) is 3.25. The van der Waals surface area contributed by atoms with Gasteiger partial charge in [-0.25, -0.2) is 25.1 Å². The van der Waals surface area contributed by atoms with Gasteiger partial charge >= 0.3 is 0 Å². The molecule has 0 aliphatic carbocycles. The molecule has 0 bridgehead atoms. The Morgan fingerprint density at radius 1 is 1.03 bits per heavy atom. The van der Waals surface area contributed by atoms with Gasteiger partial charge in [0.05, 0.1) is 16.7 Å². The molecule has 1 aliphatic rings. The lowest BCUT2D eigenvalue weighted by atomic mass is 9.87. The Morgan fingerprint density at radius 2 is 1.64 bits per heavy atom. The van der Waals surface area contributed by atoms with Crippen LogP contribution in [0.5, 0.6) is 0 Å². The van der Waals surface area contributed by atoms with Crippen LogP contribution >= 0.6 is 0 Å². The van der Waals surface area contributed by atoms with E-state index in [-0.39, 0.29) is 22.1 Å². The third-order valence-corrected chi connectivity index (χ3v) is 10.1. The van der Waals surface area contributed by atoms with E-state index in [2.05, 4.69) is 0 Å². The molecule has 0 atom stereocenters. The van der Waals surface area contributed by atoms with E-state index in [0.717, 1.165) is 20.7 Å². The van der Waals surface area contributed by atoms with E-state index in [9.17, 15) is 26.9 Å². The number of ketones is 1. The van der Waals surface area contributed by atoms with Crippen LogP contribution in [0.2, 0.25) is 0 Å². The number of carbonyl (C=O) groups is 1. The van der Waals surface area contributed by atoms with Crippen molar-refractivity contribution in [2.45, 2.75) is 37.5 Å². The highest BCUT2D eigenvalue weighted by atomic mass is 32.2. The summed E-state index contributed by atoms with van der Waals surface area (Å²) in [6, 6.07) is 13.5. The molecule has 1 aromatic heterocycles. The lowest BCUT2D eigenvalue weighted by Crippen LogP contribution is -2.37. The number of carbonyl (C=O) groups excluding carboxylic acids is 1. The fourth-order valence-corrected chi connectivity index (χ4v) is 7.44.